The smallest absolute Gasteiger partial charge is 0.289 e. The number of hydrogen-bond donors (Lipinski definition) is 2. The highest BCUT2D eigenvalue weighted by Crippen LogP contribution is 2.31. The molecule has 0 fully saturated rings. The number of aliphatic hydroxyl groups excluding tert-OH is 1. The van der Waals surface area contributed by atoms with Gasteiger partial charge in [0.25, 0.3) is 5.92 Å². The Bertz CT molecular complexity index is 359. The second-order valence-electron chi connectivity index (χ2n) is 3.06. The van der Waals surface area contributed by atoms with Crippen LogP contribution in [0.5, 0.6) is 0 Å². The van der Waals surface area contributed by atoms with E-state index >= 15 is 0 Å². The van der Waals surface area contributed by atoms with Crippen LogP contribution in [0.15, 0.2) is 22.7 Å². The lowest BCUT2D eigenvalue weighted by Crippen LogP contribution is -2.36. The largest absolute Gasteiger partial charge is 0.390 e. The summed E-state index contributed by atoms with van der Waals surface area (Å²) in [6.07, 6.45) is 0. The monoisotopic (exact) mass is 283 g/mol. The topological polar surface area (TPSA) is 46.2 Å². The first-order chi connectivity index (χ1) is 6.88. The first-order valence-electron chi connectivity index (χ1n) is 4.07. The van der Waals surface area contributed by atoms with Gasteiger partial charge in [-0.1, -0.05) is 22.0 Å². The zero-order chi connectivity index (χ0) is 11.6. The van der Waals surface area contributed by atoms with Crippen molar-refractivity contribution < 1.29 is 18.3 Å². The molecule has 0 bridgehead atoms. The van der Waals surface area contributed by atoms with Crippen LogP contribution < -0.4 is 5.73 Å². The van der Waals surface area contributed by atoms with Crippen LogP contribution in [-0.2, 0) is 0 Å². The summed E-state index contributed by atoms with van der Waals surface area (Å²) in [7, 11) is 0. The first-order valence-corrected chi connectivity index (χ1v) is 4.87. The van der Waals surface area contributed by atoms with E-state index in [-0.39, 0.29) is 5.56 Å². The number of aliphatic hydroxyl groups is 1. The van der Waals surface area contributed by atoms with Crippen LogP contribution in [0, 0.1) is 5.82 Å². The van der Waals surface area contributed by atoms with Gasteiger partial charge >= 0.3 is 0 Å². The van der Waals surface area contributed by atoms with Gasteiger partial charge in [0.05, 0.1) is 6.04 Å². The van der Waals surface area contributed by atoms with Crippen LogP contribution in [0.1, 0.15) is 11.6 Å². The third-order valence-corrected chi connectivity index (χ3v) is 2.46. The molecule has 0 unspecified atom stereocenters. The van der Waals surface area contributed by atoms with Crippen LogP contribution in [0.3, 0.4) is 0 Å². The second-order valence-corrected chi connectivity index (χ2v) is 3.98. The number of hydrogen-bond acceptors (Lipinski definition) is 2. The summed E-state index contributed by atoms with van der Waals surface area (Å²) in [6.45, 7) is -1.41. The Morgan fingerprint density at radius 3 is 2.53 bits per heavy atom. The van der Waals surface area contributed by atoms with Gasteiger partial charge in [-0.3, -0.25) is 0 Å². The molecular weight excluding hydrogens is 275 g/mol. The van der Waals surface area contributed by atoms with Crippen LogP contribution in [0.25, 0.3) is 0 Å². The molecule has 6 heteroatoms. The molecule has 1 atom stereocenters. The molecule has 0 spiro atoms. The van der Waals surface area contributed by atoms with Crippen molar-refractivity contribution in [3.8, 4) is 0 Å². The van der Waals surface area contributed by atoms with Gasteiger partial charge in [0.2, 0.25) is 0 Å². The third-order valence-electron chi connectivity index (χ3n) is 1.96. The molecule has 0 radical (unpaired) electrons. The fourth-order valence-corrected chi connectivity index (χ4v) is 1.41. The second kappa shape index (κ2) is 4.51. The number of alkyl halides is 2. The minimum Gasteiger partial charge on any atom is -0.390 e. The van der Waals surface area contributed by atoms with Crippen molar-refractivity contribution in [1.29, 1.82) is 0 Å². The minimum atomic E-state index is -3.53. The molecule has 0 aliphatic rings. The van der Waals surface area contributed by atoms with Crippen molar-refractivity contribution in [1.82, 2.24) is 0 Å². The summed E-state index contributed by atoms with van der Waals surface area (Å²) in [5.74, 6) is -4.36. The van der Waals surface area contributed by atoms with E-state index in [0.717, 1.165) is 12.1 Å². The lowest BCUT2D eigenvalue weighted by atomic mass is 10.0. The van der Waals surface area contributed by atoms with Gasteiger partial charge in [0, 0.05) is 10.0 Å². The Labute approximate surface area is 93.0 Å². The van der Waals surface area contributed by atoms with Crippen molar-refractivity contribution in [2.24, 2.45) is 5.73 Å². The summed E-state index contributed by atoms with van der Waals surface area (Å²) in [5.41, 5.74) is 4.85. The number of halogens is 4. The molecular formula is C9H9BrF3NO. The van der Waals surface area contributed by atoms with Crippen molar-refractivity contribution >= 4 is 15.9 Å². The molecule has 1 aromatic rings. The number of nitrogens with two attached hydrogens (primary N) is 1. The molecule has 0 amide bonds. The Hall–Kier alpha value is -0.590. The molecule has 0 saturated carbocycles. The molecule has 84 valence electrons. The summed E-state index contributed by atoms with van der Waals surface area (Å²) >= 11 is 3.00. The van der Waals surface area contributed by atoms with E-state index < -0.39 is 24.4 Å². The van der Waals surface area contributed by atoms with Gasteiger partial charge < -0.3 is 10.8 Å². The Kier molecular flexibility index (Phi) is 3.75. The number of benzene rings is 1. The minimum absolute atomic E-state index is 0.322. The molecule has 3 N–H and O–H groups in total. The Balaban J connectivity index is 3.06. The van der Waals surface area contributed by atoms with Crippen molar-refractivity contribution in [2.75, 3.05) is 6.61 Å². The molecule has 0 saturated heterocycles. The molecule has 1 rings (SSSR count). The van der Waals surface area contributed by atoms with Crippen molar-refractivity contribution in [3.05, 3.63) is 34.1 Å². The van der Waals surface area contributed by atoms with E-state index in [0.29, 0.717) is 4.47 Å². The van der Waals surface area contributed by atoms with Gasteiger partial charge in [-0.25, -0.2) is 13.2 Å². The van der Waals surface area contributed by atoms with Gasteiger partial charge in [-0.05, 0) is 12.1 Å². The quantitative estimate of drug-likeness (QED) is 0.894. The third kappa shape index (κ3) is 2.70. The molecule has 0 aliphatic carbocycles. The van der Waals surface area contributed by atoms with Gasteiger partial charge in [0.1, 0.15) is 12.4 Å². The lowest BCUT2D eigenvalue weighted by molar-refractivity contribution is -0.0718. The van der Waals surface area contributed by atoms with Crippen molar-refractivity contribution in [2.45, 2.75) is 12.0 Å². The number of rotatable bonds is 3. The van der Waals surface area contributed by atoms with E-state index in [9.17, 15) is 13.2 Å². The molecule has 2 nitrogen and oxygen atoms in total. The van der Waals surface area contributed by atoms with E-state index in [2.05, 4.69) is 15.9 Å². The van der Waals surface area contributed by atoms with Gasteiger partial charge in [-0.15, -0.1) is 0 Å². The average Bonchev–Trinajstić information content (AvgIpc) is 2.17. The van der Waals surface area contributed by atoms with Crippen molar-refractivity contribution in [3.63, 3.8) is 0 Å². The van der Waals surface area contributed by atoms with Gasteiger partial charge in [-0.2, -0.15) is 0 Å². The van der Waals surface area contributed by atoms with E-state index in [1.165, 1.54) is 6.07 Å². The molecule has 0 aliphatic heterocycles. The average molecular weight is 284 g/mol. The zero-order valence-corrected chi connectivity index (χ0v) is 9.14. The summed E-state index contributed by atoms with van der Waals surface area (Å²) in [6, 6.07) is 1.76. The SMILES string of the molecule is N[C@@H](c1ccc(Br)cc1F)C(F)(F)CO. The Morgan fingerprint density at radius 2 is 2.07 bits per heavy atom. The summed E-state index contributed by atoms with van der Waals surface area (Å²) in [5, 5.41) is 8.41. The predicted octanol–water partition coefficient (Wildman–Crippen LogP) is 2.22. The summed E-state index contributed by atoms with van der Waals surface area (Å²) < 4.78 is 39.6. The molecule has 0 aromatic heterocycles. The van der Waals surface area contributed by atoms with Crippen LogP contribution in [-0.4, -0.2) is 17.6 Å². The normalized spacial score (nSPS) is 14.0. The lowest BCUT2D eigenvalue weighted by Gasteiger charge is -2.22. The predicted molar refractivity (Wildman–Crippen MR) is 53.1 cm³/mol. The van der Waals surface area contributed by atoms with Crippen LogP contribution in [0.2, 0.25) is 0 Å². The highest BCUT2D eigenvalue weighted by Gasteiger charge is 2.38. The zero-order valence-electron chi connectivity index (χ0n) is 7.55. The first kappa shape index (κ1) is 12.5. The highest BCUT2D eigenvalue weighted by molar-refractivity contribution is 9.10. The van der Waals surface area contributed by atoms with E-state index in [4.69, 9.17) is 10.8 Å². The fraction of sp³-hybridized carbons (Fsp3) is 0.333. The molecule has 15 heavy (non-hydrogen) atoms. The van der Waals surface area contributed by atoms with Gasteiger partial charge in [0.15, 0.2) is 0 Å². The van der Waals surface area contributed by atoms with Crippen LogP contribution >= 0.6 is 15.9 Å². The Morgan fingerprint density at radius 1 is 1.47 bits per heavy atom. The maximum absolute atomic E-state index is 13.2. The fourth-order valence-electron chi connectivity index (χ4n) is 1.08. The maximum atomic E-state index is 13.2. The molecule has 1 aromatic carbocycles. The van der Waals surface area contributed by atoms with E-state index in [1.54, 1.807) is 0 Å². The standard InChI is InChI=1S/C9H9BrF3NO/c10-5-1-2-6(7(11)3-5)8(14)9(12,13)4-15/h1-3,8,15H,4,14H2/t8-/m0/s1. The maximum Gasteiger partial charge on any atom is 0.289 e. The highest BCUT2D eigenvalue weighted by atomic mass is 79.9. The van der Waals surface area contributed by atoms with Crippen LogP contribution in [0.4, 0.5) is 13.2 Å². The van der Waals surface area contributed by atoms with E-state index in [1.807, 2.05) is 0 Å². The molecule has 0 heterocycles. The summed E-state index contributed by atoms with van der Waals surface area (Å²) in [4.78, 5) is 0.